The number of nitrogens with one attached hydrogen (secondary N) is 2. The average molecular weight is 416 g/mol. The number of carboxylic acids is 1. The van der Waals surface area contributed by atoms with Crippen LogP contribution in [0.15, 0.2) is 53.4 Å². The predicted octanol–water partition coefficient (Wildman–Crippen LogP) is 3.31. The van der Waals surface area contributed by atoms with Crippen molar-refractivity contribution in [3.05, 3.63) is 54.1 Å². The quantitative estimate of drug-likeness (QED) is 0.641. The van der Waals surface area contributed by atoms with Gasteiger partial charge in [-0.25, -0.2) is 8.42 Å². The van der Waals surface area contributed by atoms with Gasteiger partial charge in [-0.2, -0.15) is 13.2 Å². The summed E-state index contributed by atoms with van der Waals surface area (Å²) in [7, 11) is -4.05. The Hall–Kier alpha value is -3.08. The molecule has 11 heteroatoms. The van der Waals surface area contributed by atoms with Crippen molar-refractivity contribution >= 4 is 33.3 Å². The average Bonchev–Trinajstić information content (AvgIpc) is 2.60. The van der Waals surface area contributed by atoms with Crippen LogP contribution in [0.4, 0.5) is 24.5 Å². The van der Waals surface area contributed by atoms with Crippen LogP contribution in [0.25, 0.3) is 0 Å². The molecule has 150 valence electrons. The van der Waals surface area contributed by atoms with E-state index >= 15 is 0 Å². The number of sulfonamides is 1. The van der Waals surface area contributed by atoms with Gasteiger partial charge in [0.15, 0.2) is 0 Å². The summed E-state index contributed by atoms with van der Waals surface area (Å²) in [6.07, 6.45) is -5.09. The number of aliphatic carboxylic acids is 1. The van der Waals surface area contributed by atoms with E-state index in [9.17, 15) is 31.2 Å². The van der Waals surface area contributed by atoms with E-state index in [1.54, 1.807) is 0 Å². The number of carboxylic acid groups (broad SMARTS) is 1. The van der Waals surface area contributed by atoms with Crippen molar-refractivity contribution < 1.29 is 36.3 Å². The normalized spacial score (nSPS) is 11.7. The minimum atomic E-state index is -4.53. The first kappa shape index (κ1) is 21.2. The molecule has 0 saturated heterocycles. The van der Waals surface area contributed by atoms with Gasteiger partial charge in [-0.05, 0) is 48.5 Å². The van der Waals surface area contributed by atoms with Crippen LogP contribution in [-0.2, 0) is 25.8 Å². The lowest BCUT2D eigenvalue weighted by molar-refractivity contribution is -0.138. The van der Waals surface area contributed by atoms with E-state index < -0.39 is 33.6 Å². The summed E-state index contributed by atoms with van der Waals surface area (Å²) < 4.78 is 64.4. The van der Waals surface area contributed by atoms with Crippen LogP contribution in [-0.4, -0.2) is 25.4 Å². The smallest absolute Gasteiger partial charge is 0.416 e. The summed E-state index contributed by atoms with van der Waals surface area (Å²) in [5.74, 6) is -1.66. The molecule has 0 saturated carbocycles. The van der Waals surface area contributed by atoms with Gasteiger partial charge in [-0.15, -0.1) is 0 Å². The van der Waals surface area contributed by atoms with Crippen molar-refractivity contribution in [2.45, 2.75) is 23.9 Å². The maximum Gasteiger partial charge on any atom is 0.416 e. The number of hydrogen-bond donors (Lipinski definition) is 3. The van der Waals surface area contributed by atoms with Crippen molar-refractivity contribution in [1.82, 2.24) is 0 Å². The Kier molecular flexibility index (Phi) is 6.29. The van der Waals surface area contributed by atoms with Crippen LogP contribution in [0.1, 0.15) is 18.4 Å². The molecule has 0 heterocycles. The van der Waals surface area contributed by atoms with E-state index in [4.69, 9.17) is 5.11 Å². The minimum Gasteiger partial charge on any atom is -0.481 e. The number of benzene rings is 2. The first-order valence-electron chi connectivity index (χ1n) is 7.79. The van der Waals surface area contributed by atoms with Crippen molar-refractivity contribution in [2.24, 2.45) is 0 Å². The van der Waals surface area contributed by atoms with Crippen molar-refractivity contribution in [3.8, 4) is 0 Å². The molecule has 1 amide bonds. The first-order valence-corrected chi connectivity index (χ1v) is 9.27. The number of alkyl halides is 3. The summed E-state index contributed by atoms with van der Waals surface area (Å²) in [6.45, 7) is 0. The van der Waals surface area contributed by atoms with Crippen molar-refractivity contribution in [3.63, 3.8) is 0 Å². The Labute approximate surface area is 158 Å². The van der Waals surface area contributed by atoms with Crippen molar-refractivity contribution in [1.29, 1.82) is 0 Å². The van der Waals surface area contributed by atoms with Crippen LogP contribution in [0.5, 0.6) is 0 Å². The fourth-order valence-corrected chi connectivity index (χ4v) is 3.16. The second-order valence-electron chi connectivity index (χ2n) is 5.65. The van der Waals surface area contributed by atoms with Gasteiger partial charge in [0.05, 0.1) is 16.9 Å². The number of halogens is 3. The van der Waals surface area contributed by atoms with Crippen LogP contribution in [0.3, 0.4) is 0 Å². The first-order chi connectivity index (χ1) is 13.0. The van der Waals surface area contributed by atoms with E-state index in [-0.39, 0.29) is 29.1 Å². The maximum absolute atomic E-state index is 12.5. The van der Waals surface area contributed by atoms with Crippen LogP contribution in [0.2, 0.25) is 0 Å². The molecule has 0 atom stereocenters. The Balaban J connectivity index is 2.05. The summed E-state index contributed by atoms with van der Waals surface area (Å²) in [5.41, 5.74) is -0.679. The fraction of sp³-hybridized carbons (Fsp3) is 0.176. The molecular weight excluding hydrogens is 401 g/mol. The lowest BCUT2D eigenvalue weighted by atomic mass is 10.2. The van der Waals surface area contributed by atoms with Gasteiger partial charge >= 0.3 is 12.1 Å². The second kappa shape index (κ2) is 8.30. The molecule has 28 heavy (non-hydrogen) atoms. The van der Waals surface area contributed by atoms with E-state index in [1.807, 2.05) is 0 Å². The molecule has 0 unspecified atom stereocenters. The highest BCUT2D eigenvalue weighted by Crippen LogP contribution is 2.30. The SMILES string of the molecule is O=C(O)CCC(=O)Nc1ccc(S(=O)(=O)Nc2ccc(C(F)(F)F)cc2)cc1. The molecular formula is C17H15F3N2O5S. The van der Waals surface area contributed by atoms with Crippen LogP contribution < -0.4 is 10.0 Å². The molecule has 0 aliphatic heterocycles. The molecule has 0 aromatic heterocycles. The number of carbonyl (C=O) groups is 2. The van der Waals surface area contributed by atoms with Gasteiger partial charge < -0.3 is 10.4 Å². The second-order valence-corrected chi connectivity index (χ2v) is 7.33. The number of hydrogen-bond acceptors (Lipinski definition) is 4. The summed E-state index contributed by atoms with van der Waals surface area (Å²) in [6, 6.07) is 8.51. The third kappa shape index (κ3) is 5.98. The zero-order valence-electron chi connectivity index (χ0n) is 14.2. The number of rotatable bonds is 7. The molecule has 0 radical (unpaired) electrons. The molecule has 0 spiro atoms. The fourth-order valence-electron chi connectivity index (χ4n) is 2.10. The van der Waals surface area contributed by atoms with Gasteiger partial charge in [0.1, 0.15) is 0 Å². The topological polar surface area (TPSA) is 113 Å². The zero-order valence-corrected chi connectivity index (χ0v) is 15.0. The van der Waals surface area contributed by atoms with Gasteiger partial charge in [0, 0.05) is 17.8 Å². The molecule has 0 aliphatic carbocycles. The molecule has 2 aromatic rings. The third-order valence-corrected chi connectivity index (χ3v) is 4.88. The Morgan fingerprint density at radius 1 is 0.893 bits per heavy atom. The van der Waals surface area contributed by atoms with Crippen molar-refractivity contribution in [2.75, 3.05) is 10.0 Å². The van der Waals surface area contributed by atoms with Crippen LogP contribution >= 0.6 is 0 Å². The third-order valence-electron chi connectivity index (χ3n) is 3.48. The van der Waals surface area contributed by atoms with E-state index in [0.29, 0.717) is 0 Å². The number of carbonyl (C=O) groups excluding carboxylic acids is 1. The van der Waals surface area contributed by atoms with E-state index in [2.05, 4.69) is 10.0 Å². The molecule has 0 aliphatic rings. The Bertz CT molecular complexity index is 956. The monoisotopic (exact) mass is 416 g/mol. The molecule has 2 aromatic carbocycles. The predicted molar refractivity (Wildman–Crippen MR) is 94.2 cm³/mol. The molecule has 2 rings (SSSR count). The van der Waals surface area contributed by atoms with Gasteiger partial charge in [0.2, 0.25) is 5.91 Å². The van der Waals surface area contributed by atoms with Gasteiger partial charge in [-0.3, -0.25) is 14.3 Å². The van der Waals surface area contributed by atoms with E-state index in [1.165, 1.54) is 24.3 Å². The lowest BCUT2D eigenvalue weighted by Gasteiger charge is -2.11. The molecule has 0 bridgehead atoms. The summed E-state index contributed by atoms with van der Waals surface area (Å²) >= 11 is 0. The van der Waals surface area contributed by atoms with Crippen LogP contribution in [0, 0.1) is 0 Å². The maximum atomic E-state index is 12.5. The Morgan fingerprint density at radius 2 is 1.43 bits per heavy atom. The summed E-state index contributed by atoms with van der Waals surface area (Å²) in [4.78, 5) is 21.8. The largest absolute Gasteiger partial charge is 0.481 e. The van der Waals surface area contributed by atoms with Gasteiger partial charge in [-0.1, -0.05) is 0 Å². The highest BCUT2D eigenvalue weighted by atomic mass is 32.2. The highest BCUT2D eigenvalue weighted by molar-refractivity contribution is 7.92. The molecule has 3 N–H and O–H groups in total. The number of amides is 1. The molecule has 7 nitrogen and oxygen atoms in total. The summed E-state index contributed by atoms with van der Waals surface area (Å²) in [5, 5.41) is 10.9. The molecule has 0 fully saturated rings. The Morgan fingerprint density at radius 3 is 1.93 bits per heavy atom. The zero-order chi connectivity index (χ0) is 20.9. The highest BCUT2D eigenvalue weighted by Gasteiger charge is 2.30. The van der Waals surface area contributed by atoms with Gasteiger partial charge in [0.25, 0.3) is 10.0 Å². The lowest BCUT2D eigenvalue weighted by Crippen LogP contribution is -2.15. The van der Waals surface area contributed by atoms with E-state index in [0.717, 1.165) is 24.3 Å². The number of anilines is 2. The minimum absolute atomic E-state index is 0.0425. The standard InChI is InChI=1S/C17H15F3N2O5S/c18-17(19,20)11-1-3-13(4-2-11)22-28(26,27)14-7-5-12(6-8-14)21-15(23)9-10-16(24)25/h1-8,22H,9-10H2,(H,21,23)(H,24,25).